The monoisotopic (exact) mass is 450 g/mol. The van der Waals surface area contributed by atoms with Crippen molar-refractivity contribution < 1.29 is 9.84 Å². The zero-order chi connectivity index (χ0) is 23.3. The number of aliphatic hydroxyl groups is 1. The third-order valence-electron chi connectivity index (χ3n) is 6.26. The third kappa shape index (κ3) is 3.95. The number of aromatic nitrogens is 6. The molecule has 10 heteroatoms. The fourth-order valence-corrected chi connectivity index (χ4v) is 4.61. The minimum atomic E-state index is -0.820. The molecule has 10 nitrogen and oxygen atoms in total. The van der Waals surface area contributed by atoms with Crippen molar-refractivity contribution in [3.05, 3.63) is 35.9 Å². The molecular formula is C23H30N8O2. The summed E-state index contributed by atoms with van der Waals surface area (Å²) in [5.41, 5.74) is 8.98. The highest BCUT2D eigenvalue weighted by atomic mass is 16.5. The van der Waals surface area contributed by atoms with Gasteiger partial charge in [-0.1, -0.05) is 0 Å². The maximum Gasteiger partial charge on any atom is 0.223 e. The molecule has 33 heavy (non-hydrogen) atoms. The second-order valence-electron chi connectivity index (χ2n) is 9.43. The average molecular weight is 451 g/mol. The molecule has 1 aliphatic rings. The third-order valence-corrected chi connectivity index (χ3v) is 6.26. The largest absolute Gasteiger partial charge is 0.497 e. The summed E-state index contributed by atoms with van der Waals surface area (Å²) in [7, 11) is 1.63. The second-order valence-corrected chi connectivity index (χ2v) is 9.43. The second kappa shape index (κ2) is 7.87. The normalized spacial score (nSPS) is 17.2. The van der Waals surface area contributed by atoms with E-state index in [-0.39, 0.29) is 5.92 Å². The van der Waals surface area contributed by atoms with Crippen molar-refractivity contribution in [1.82, 2.24) is 29.4 Å². The number of fused-ring (bicyclic) bond motifs is 3. The fourth-order valence-electron chi connectivity index (χ4n) is 4.61. The molecular weight excluding hydrogens is 420 g/mol. The molecule has 0 spiro atoms. The highest BCUT2D eigenvalue weighted by molar-refractivity contribution is 5.93. The molecule has 4 aromatic rings. The lowest BCUT2D eigenvalue weighted by atomic mass is 9.97. The maximum absolute atomic E-state index is 10.2. The summed E-state index contributed by atoms with van der Waals surface area (Å²) in [5.74, 6) is 1.98. The minimum Gasteiger partial charge on any atom is -0.497 e. The lowest BCUT2D eigenvalue weighted by Gasteiger charge is -2.33. The Morgan fingerprint density at radius 2 is 2.09 bits per heavy atom. The Morgan fingerprint density at radius 1 is 1.27 bits per heavy atom. The Labute approximate surface area is 192 Å². The zero-order valence-corrected chi connectivity index (χ0v) is 19.5. The van der Waals surface area contributed by atoms with Crippen molar-refractivity contribution in [1.29, 1.82) is 0 Å². The lowest BCUT2D eigenvalue weighted by molar-refractivity contribution is 0.0571. The summed E-state index contributed by atoms with van der Waals surface area (Å²) in [6.45, 7) is 7.83. The number of hydrogen-bond acceptors (Lipinski definition) is 8. The predicted molar refractivity (Wildman–Crippen MR) is 127 cm³/mol. The number of nitrogen functional groups attached to an aromatic ring is 1. The van der Waals surface area contributed by atoms with Gasteiger partial charge >= 0.3 is 0 Å². The summed E-state index contributed by atoms with van der Waals surface area (Å²) in [6.07, 6.45) is 3.93. The van der Waals surface area contributed by atoms with Gasteiger partial charge < -0.3 is 20.5 Å². The number of nitrogens with two attached hydrogens (primary N) is 1. The zero-order valence-electron chi connectivity index (χ0n) is 19.5. The van der Waals surface area contributed by atoms with Crippen LogP contribution >= 0.6 is 0 Å². The van der Waals surface area contributed by atoms with Crippen molar-refractivity contribution in [2.75, 3.05) is 30.8 Å². The molecule has 5 rings (SSSR count). The van der Waals surface area contributed by atoms with Gasteiger partial charge in [0.2, 0.25) is 5.95 Å². The highest BCUT2D eigenvalue weighted by Gasteiger charge is 2.28. The van der Waals surface area contributed by atoms with Crippen LogP contribution in [0.1, 0.15) is 44.1 Å². The van der Waals surface area contributed by atoms with Gasteiger partial charge in [0.15, 0.2) is 11.5 Å². The summed E-state index contributed by atoms with van der Waals surface area (Å²) in [6, 6.07) is 5.70. The predicted octanol–water partition coefficient (Wildman–Crippen LogP) is 2.53. The Kier molecular flexibility index (Phi) is 5.12. The fraction of sp³-hybridized carbons (Fsp3) is 0.478. The number of hydrogen-bond donors (Lipinski definition) is 2. The number of nitrogens with zero attached hydrogens (tertiary/aromatic N) is 7. The van der Waals surface area contributed by atoms with Gasteiger partial charge in [0, 0.05) is 30.5 Å². The molecule has 0 radical (unpaired) electrons. The molecule has 0 amide bonds. The molecule has 1 saturated heterocycles. The Morgan fingerprint density at radius 3 is 2.85 bits per heavy atom. The molecule has 4 heterocycles. The van der Waals surface area contributed by atoms with Crippen LogP contribution in [-0.4, -0.2) is 60.3 Å². The van der Waals surface area contributed by atoms with E-state index < -0.39 is 5.60 Å². The summed E-state index contributed by atoms with van der Waals surface area (Å²) < 4.78 is 8.82. The molecule has 0 unspecified atom stereocenters. The van der Waals surface area contributed by atoms with E-state index in [1.165, 1.54) is 0 Å². The van der Waals surface area contributed by atoms with E-state index in [0.717, 1.165) is 59.8 Å². The average Bonchev–Trinajstić information content (AvgIpc) is 3.38. The SMILES string of the molecule is COc1ccc2c(c1)nc(N)n1nc([C@@H]3CCCN(c4cnn(CC(C)(C)O)c4C)C3)nc21. The van der Waals surface area contributed by atoms with E-state index in [4.69, 9.17) is 20.6 Å². The molecule has 0 bridgehead atoms. The molecule has 0 aliphatic carbocycles. The van der Waals surface area contributed by atoms with Crippen LogP contribution in [-0.2, 0) is 6.54 Å². The molecule has 174 valence electrons. The van der Waals surface area contributed by atoms with E-state index in [1.54, 1.807) is 25.5 Å². The molecule has 0 saturated carbocycles. The van der Waals surface area contributed by atoms with Gasteiger partial charge in [-0.05, 0) is 45.7 Å². The number of methoxy groups -OCH3 is 1. The smallest absolute Gasteiger partial charge is 0.223 e. The van der Waals surface area contributed by atoms with Crippen LogP contribution in [0.2, 0.25) is 0 Å². The molecule has 1 fully saturated rings. The maximum atomic E-state index is 10.2. The standard InChI is InChI=1S/C23H30N8O2/c1-14-19(11-25-30(14)13-23(2,3)32)29-9-5-6-15(12-29)20-27-21-17-8-7-16(33-4)10-18(17)26-22(24)31(21)28-20/h7-8,10-11,15,32H,5-6,9,12-13H2,1-4H3,(H2,24,26)/t15-/m1/s1. The van der Waals surface area contributed by atoms with Gasteiger partial charge in [-0.3, -0.25) is 4.68 Å². The molecule has 1 atom stereocenters. The Bertz CT molecular complexity index is 1320. The lowest BCUT2D eigenvalue weighted by Crippen LogP contribution is -2.35. The summed E-state index contributed by atoms with van der Waals surface area (Å²) in [4.78, 5) is 11.7. The van der Waals surface area contributed by atoms with Crippen LogP contribution in [0.25, 0.3) is 16.6 Å². The van der Waals surface area contributed by atoms with Gasteiger partial charge in [0.25, 0.3) is 0 Å². The van der Waals surface area contributed by atoms with Crippen molar-refractivity contribution in [3.63, 3.8) is 0 Å². The van der Waals surface area contributed by atoms with Crippen molar-refractivity contribution in [2.45, 2.75) is 51.7 Å². The van der Waals surface area contributed by atoms with E-state index >= 15 is 0 Å². The number of rotatable bonds is 5. The van der Waals surface area contributed by atoms with Crippen LogP contribution < -0.4 is 15.4 Å². The molecule has 1 aliphatic heterocycles. The van der Waals surface area contributed by atoms with E-state index in [1.807, 2.05) is 36.0 Å². The number of ether oxygens (including phenoxy) is 1. The van der Waals surface area contributed by atoms with Crippen LogP contribution in [0.15, 0.2) is 24.4 Å². The molecule has 3 aromatic heterocycles. The molecule has 3 N–H and O–H groups in total. The van der Waals surface area contributed by atoms with Crippen LogP contribution in [0.4, 0.5) is 11.6 Å². The summed E-state index contributed by atoms with van der Waals surface area (Å²) in [5, 5.41) is 20.3. The minimum absolute atomic E-state index is 0.170. The van der Waals surface area contributed by atoms with E-state index in [2.05, 4.69) is 15.0 Å². The van der Waals surface area contributed by atoms with Gasteiger partial charge in [0.1, 0.15) is 5.75 Å². The summed E-state index contributed by atoms with van der Waals surface area (Å²) >= 11 is 0. The number of piperidine rings is 1. The Hall–Kier alpha value is -3.40. The Balaban J connectivity index is 1.46. The van der Waals surface area contributed by atoms with E-state index in [9.17, 15) is 5.11 Å². The van der Waals surface area contributed by atoms with Crippen LogP contribution in [0, 0.1) is 6.92 Å². The highest BCUT2D eigenvalue weighted by Crippen LogP contribution is 2.32. The van der Waals surface area contributed by atoms with Crippen molar-refractivity contribution in [3.8, 4) is 5.75 Å². The van der Waals surface area contributed by atoms with Gasteiger partial charge in [0.05, 0.1) is 42.4 Å². The van der Waals surface area contributed by atoms with E-state index in [0.29, 0.717) is 18.1 Å². The topological polar surface area (TPSA) is 120 Å². The molecule has 1 aromatic carbocycles. The van der Waals surface area contributed by atoms with Gasteiger partial charge in [-0.15, -0.1) is 5.10 Å². The first-order valence-electron chi connectivity index (χ1n) is 11.2. The van der Waals surface area contributed by atoms with Crippen LogP contribution in [0.5, 0.6) is 5.75 Å². The number of benzene rings is 1. The van der Waals surface area contributed by atoms with Crippen molar-refractivity contribution in [2.24, 2.45) is 0 Å². The number of anilines is 2. The first-order valence-corrected chi connectivity index (χ1v) is 11.2. The van der Waals surface area contributed by atoms with Crippen molar-refractivity contribution >= 4 is 28.2 Å². The van der Waals surface area contributed by atoms with Gasteiger partial charge in [-0.25, -0.2) is 9.97 Å². The first kappa shape index (κ1) is 21.4. The first-order chi connectivity index (χ1) is 15.7. The van der Waals surface area contributed by atoms with Crippen LogP contribution in [0.3, 0.4) is 0 Å². The quantitative estimate of drug-likeness (QED) is 0.476. The van der Waals surface area contributed by atoms with Gasteiger partial charge in [-0.2, -0.15) is 9.61 Å².